The van der Waals surface area contributed by atoms with E-state index in [2.05, 4.69) is 36.3 Å². The Balaban J connectivity index is 0.00000625. The maximum atomic E-state index is 5.59. The fourth-order valence-electron chi connectivity index (χ4n) is 3.03. The molecule has 0 radical (unpaired) electrons. The minimum absolute atomic E-state index is 0. The maximum absolute atomic E-state index is 5.59. The number of halogens is 1. The molecule has 156 valence electrons. The Morgan fingerprint density at radius 3 is 2.50 bits per heavy atom. The third kappa shape index (κ3) is 12.3. The summed E-state index contributed by atoms with van der Waals surface area (Å²) in [6, 6.07) is 0.589. The average Bonchev–Trinajstić information content (AvgIpc) is 2.64. The highest BCUT2D eigenvalue weighted by Crippen LogP contribution is 2.16. The normalized spacial score (nSPS) is 18.4. The molecule has 1 atom stereocenters. The summed E-state index contributed by atoms with van der Waals surface area (Å²) in [5.74, 6) is 0.895. The van der Waals surface area contributed by atoms with Gasteiger partial charge in [0.05, 0.1) is 26.4 Å². The molecule has 0 spiro atoms. The van der Waals surface area contributed by atoms with Crippen LogP contribution in [0.15, 0.2) is 4.99 Å². The summed E-state index contributed by atoms with van der Waals surface area (Å²) in [5.41, 5.74) is 0. The van der Waals surface area contributed by atoms with Crippen LogP contribution in [0.25, 0.3) is 0 Å². The van der Waals surface area contributed by atoms with Gasteiger partial charge in [0.2, 0.25) is 0 Å². The first-order chi connectivity index (χ1) is 12.3. The van der Waals surface area contributed by atoms with Crippen molar-refractivity contribution in [2.75, 3.05) is 59.2 Å². The van der Waals surface area contributed by atoms with Crippen molar-refractivity contribution >= 4 is 29.9 Å². The number of hydrogen-bond acceptors (Lipinski definition) is 4. The zero-order chi connectivity index (χ0) is 18.2. The Morgan fingerprint density at radius 2 is 1.81 bits per heavy atom. The Labute approximate surface area is 177 Å². The van der Waals surface area contributed by atoms with Crippen LogP contribution in [0.1, 0.15) is 52.9 Å². The smallest absolute Gasteiger partial charge is 0.191 e. The molecule has 1 rings (SSSR count). The molecular formula is C19H41IN4O2. The Kier molecular flexibility index (Phi) is 18.2. The molecule has 0 aliphatic carbocycles. The van der Waals surface area contributed by atoms with E-state index in [-0.39, 0.29) is 24.0 Å². The van der Waals surface area contributed by atoms with Crippen LogP contribution in [-0.2, 0) is 9.47 Å². The highest BCUT2D eigenvalue weighted by Gasteiger charge is 2.20. The van der Waals surface area contributed by atoms with Gasteiger partial charge in [-0.2, -0.15) is 0 Å². The molecule has 1 fully saturated rings. The Morgan fingerprint density at radius 1 is 1.04 bits per heavy atom. The Hall–Kier alpha value is -0.120. The molecule has 1 aliphatic rings. The van der Waals surface area contributed by atoms with Gasteiger partial charge in [-0.25, -0.2) is 0 Å². The summed E-state index contributed by atoms with van der Waals surface area (Å²) in [6.45, 7) is 14.2. The highest BCUT2D eigenvalue weighted by molar-refractivity contribution is 14.0. The van der Waals surface area contributed by atoms with E-state index in [9.17, 15) is 0 Å². The van der Waals surface area contributed by atoms with E-state index >= 15 is 0 Å². The number of ether oxygens (including phenoxy) is 2. The molecule has 0 aromatic rings. The van der Waals surface area contributed by atoms with Crippen molar-refractivity contribution in [3.05, 3.63) is 0 Å². The molecule has 0 saturated carbocycles. The molecule has 1 unspecified atom stereocenters. The van der Waals surface area contributed by atoms with Gasteiger partial charge in [0, 0.05) is 25.7 Å². The molecule has 0 aromatic heterocycles. The van der Waals surface area contributed by atoms with Gasteiger partial charge in [-0.1, -0.05) is 26.7 Å². The number of nitrogens with zero attached hydrogens (tertiary/aromatic N) is 2. The van der Waals surface area contributed by atoms with E-state index in [1.54, 1.807) is 0 Å². The minimum atomic E-state index is 0. The molecule has 2 N–H and O–H groups in total. The number of aliphatic imine (C=N–C) groups is 1. The second-order valence-corrected chi connectivity index (χ2v) is 6.50. The van der Waals surface area contributed by atoms with Crippen molar-refractivity contribution in [2.45, 2.75) is 58.9 Å². The van der Waals surface area contributed by atoms with E-state index in [0.29, 0.717) is 25.9 Å². The first-order valence-electron chi connectivity index (χ1n) is 10.2. The van der Waals surface area contributed by atoms with E-state index in [0.717, 1.165) is 45.2 Å². The van der Waals surface area contributed by atoms with Crippen LogP contribution in [0.3, 0.4) is 0 Å². The van der Waals surface area contributed by atoms with Crippen LogP contribution < -0.4 is 10.6 Å². The lowest BCUT2D eigenvalue weighted by Crippen LogP contribution is -2.43. The highest BCUT2D eigenvalue weighted by atomic mass is 127. The van der Waals surface area contributed by atoms with Crippen molar-refractivity contribution in [3.63, 3.8) is 0 Å². The molecule has 1 heterocycles. The van der Waals surface area contributed by atoms with Crippen LogP contribution in [0, 0.1) is 0 Å². The minimum Gasteiger partial charge on any atom is -0.379 e. The second kappa shape index (κ2) is 18.3. The molecule has 7 heteroatoms. The van der Waals surface area contributed by atoms with Gasteiger partial charge in [0.1, 0.15) is 0 Å². The molecule has 6 nitrogen and oxygen atoms in total. The molecule has 0 bridgehead atoms. The predicted molar refractivity (Wildman–Crippen MR) is 121 cm³/mol. The first-order valence-corrected chi connectivity index (χ1v) is 10.2. The van der Waals surface area contributed by atoms with Crippen LogP contribution >= 0.6 is 24.0 Å². The SMILES string of the molecule is CCCCOCCOCCNC(=NCC1CCCCN1CC)NCC.I. The van der Waals surface area contributed by atoms with Crippen molar-refractivity contribution in [3.8, 4) is 0 Å². The topological polar surface area (TPSA) is 58.1 Å². The van der Waals surface area contributed by atoms with Gasteiger partial charge in [0.15, 0.2) is 5.96 Å². The van der Waals surface area contributed by atoms with Gasteiger partial charge in [-0.05, 0) is 39.3 Å². The van der Waals surface area contributed by atoms with Gasteiger partial charge >= 0.3 is 0 Å². The zero-order valence-electron chi connectivity index (χ0n) is 17.1. The molecule has 0 aromatic carbocycles. The third-order valence-corrected chi connectivity index (χ3v) is 4.51. The summed E-state index contributed by atoms with van der Waals surface area (Å²) in [6.07, 6.45) is 6.22. The van der Waals surface area contributed by atoms with Crippen LogP contribution in [0.5, 0.6) is 0 Å². The van der Waals surface area contributed by atoms with E-state index in [1.165, 1.54) is 32.2 Å². The molecule has 0 amide bonds. The standard InChI is InChI=1S/C19H40N4O2.HI/c1-4-7-13-24-15-16-25-14-11-21-19(20-5-2)22-17-18-10-8-9-12-23(18)6-3;/h18H,4-17H2,1-3H3,(H2,20,21,22);1H. The fourth-order valence-corrected chi connectivity index (χ4v) is 3.03. The summed E-state index contributed by atoms with van der Waals surface area (Å²) >= 11 is 0. The first kappa shape index (κ1) is 25.9. The van der Waals surface area contributed by atoms with Gasteiger partial charge < -0.3 is 20.1 Å². The predicted octanol–water partition coefficient (Wildman–Crippen LogP) is 2.87. The van der Waals surface area contributed by atoms with Crippen molar-refractivity contribution in [1.29, 1.82) is 0 Å². The van der Waals surface area contributed by atoms with E-state index in [1.807, 2.05) is 0 Å². The quantitative estimate of drug-likeness (QED) is 0.182. The van der Waals surface area contributed by atoms with Crippen LogP contribution in [0.4, 0.5) is 0 Å². The van der Waals surface area contributed by atoms with Crippen molar-refractivity contribution < 1.29 is 9.47 Å². The van der Waals surface area contributed by atoms with Gasteiger partial charge in [-0.3, -0.25) is 9.89 Å². The maximum Gasteiger partial charge on any atom is 0.191 e. The summed E-state index contributed by atoms with van der Waals surface area (Å²) < 4.78 is 11.1. The number of likely N-dealkylation sites (tertiary alicyclic amines) is 1. The lowest BCUT2D eigenvalue weighted by Gasteiger charge is -2.33. The summed E-state index contributed by atoms with van der Waals surface area (Å²) in [7, 11) is 0. The number of piperidine rings is 1. The zero-order valence-corrected chi connectivity index (χ0v) is 19.4. The number of rotatable bonds is 13. The molecule has 1 aliphatic heterocycles. The average molecular weight is 484 g/mol. The number of guanidine groups is 1. The number of likely N-dealkylation sites (N-methyl/N-ethyl adjacent to an activating group) is 1. The Bertz CT molecular complexity index is 346. The summed E-state index contributed by atoms with van der Waals surface area (Å²) in [4.78, 5) is 7.33. The lowest BCUT2D eigenvalue weighted by molar-refractivity contribution is 0.0487. The van der Waals surface area contributed by atoms with Gasteiger partial charge in [0.25, 0.3) is 0 Å². The van der Waals surface area contributed by atoms with Crippen molar-refractivity contribution in [1.82, 2.24) is 15.5 Å². The molecule has 26 heavy (non-hydrogen) atoms. The second-order valence-electron chi connectivity index (χ2n) is 6.50. The van der Waals surface area contributed by atoms with E-state index in [4.69, 9.17) is 14.5 Å². The largest absolute Gasteiger partial charge is 0.379 e. The number of unbranched alkanes of at least 4 members (excludes halogenated alkanes) is 1. The van der Waals surface area contributed by atoms with Crippen molar-refractivity contribution in [2.24, 2.45) is 4.99 Å². The fraction of sp³-hybridized carbons (Fsp3) is 0.947. The van der Waals surface area contributed by atoms with Gasteiger partial charge in [-0.15, -0.1) is 24.0 Å². The van der Waals surface area contributed by atoms with Crippen LogP contribution in [0.2, 0.25) is 0 Å². The number of nitrogens with one attached hydrogen (secondary N) is 2. The van der Waals surface area contributed by atoms with E-state index < -0.39 is 0 Å². The molecule has 1 saturated heterocycles. The summed E-state index contributed by atoms with van der Waals surface area (Å²) in [5, 5.41) is 6.68. The third-order valence-electron chi connectivity index (χ3n) is 4.51. The number of hydrogen-bond donors (Lipinski definition) is 2. The van der Waals surface area contributed by atoms with Crippen LogP contribution in [-0.4, -0.2) is 76.1 Å². The lowest BCUT2D eigenvalue weighted by atomic mass is 10.0. The monoisotopic (exact) mass is 484 g/mol. The molecular weight excluding hydrogens is 443 g/mol.